The summed E-state index contributed by atoms with van der Waals surface area (Å²) in [6, 6.07) is 7.52. The van der Waals surface area contributed by atoms with Gasteiger partial charge in [-0.2, -0.15) is 0 Å². The number of anilines is 3. The van der Waals surface area contributed by atoms with E-state index < -0.39 is 4.92 Å². The van der Waals surface area contributed by atoms with E-state index in [1.807, 2.05) is 38.1 Å². The minimum Gasteiger partial charge on any atom is -0.364 e. The van der Waals surface area contributed by atoms with Crippen molar-refractivity contribution in [2.45, 2.75) is 13.8 Å². The highest BCUT2D eigenvalue weighted by atomic mass is 16.6. The van der Waals surface area contributed by atoms with Crippen LogP contribution in [0.4, 0.5) is 23.0 Å². The average molecular weight is 273 g/mol. The first-order valence-corrected chi connectivity index (χ1v) is 6.18. The summed E-state index contributed by atoms with van der Waals surface area (Å²) in [5.74, 6) is 0.381. The van der Waals surface area contributed by atoms with Crippen LogP contribution in [-0.2, 0) is 0 Å². The molecule has 0 spiro atoms. The number of nitrogens with one attached hydrogen (secondary N) is 2. The van der Waals surface area contributed by atoms with Gasteiger partial charge in [-0.25, -0.2) is 9.97 Å². The third-order valence-electron chi connectivity index (χ3n) is 2.66. The lowest BCUT2D eigenvalue weighted by Crippen LogP contribution is -2.07. The summed E-state index contributed by atoms with van der Waals surface area (Å²) in [5.41, 5.74) is 1.69. The molecule has 1 heterocycles. The van der Waals surface area contributed by atoms with Crippen molar-refractivity contribution < 1.29 is 4.92 Å². The second kappa shape index (κ2) is 5.96. The zero-order valence-electron chi connectivity index (χ0n) is 11.3. The standard InChI is InChI=1S/C13H15N5O2/c1-3-14-12-11(18(19)20)13(16-8-15-12)17-10-6-4-9(2)5-7-10/h4-8H,3H2,1-2H3,(H2,14,15,16,17). The molecule has 0 fully saturated rings. The second-order valence-electron chi connectivity index (χ2n) is 4.20. The summed E-state index contributed by atoms with van der Waals surface area (Å²) in [6.45, 7) is 4.36. The van der Waals surface area contributed by atoms with Crippen molar-refractivity contribution in [3.63, 3.8) is 0 Å². The van der Waals surface area contributed by atoms with E-state index in [0.29, 0.717) is 6.54 Å². The fraction of sp³-hybridized carbons (Fsp3) is 0.231. The van der Waals surface area contributed by atoms with Gasteiger partial charge in [-0.1, -0.05) is 17.7 Å². The third kappa shape index (κ3) is 3.00. The molecule has 2 aromatic rings. The first-order valence-electron chi connectivity index (χ1n) is 6.18. The Morgan fingerprint density at radius 3 is 2.45 bits per heavy atom. The quantitative estimate of drug-likeness (QED) is 0.642. The normalized spacial score (nSPS) is 10.1. The smallest absolute Gasteiger partial charge is 0.353 e. The Kier molecular flexibility index (Phi) is 4.09. The molecular formula is C13H15N5O2. The van der Waals surface area contributed by atoms with Gasteiger partial charge in [0.05, 0.1) is 4.92 Å². The molecule has 0 aliphatic heterocycles. The molecule has 0 saturated carbocycles. The molecule has 0 bridgehead atoms. The monoisotopic (exact) mass is 273 g/mol. The number of benzene rings is 1. The van der Waals surface area contributed by atoms with Gasteiger partial charge in [0, 0.05) is 12.2 Å². The number of hydrogen-bond donors (Lipinski definition) is 2. The number of hydrogen-bond acceptors (Lipinski definition) is 6. The van der Waals surface area contributed by atoms with Gasteiger partial charge >= 0.3 is 5.69 Å². The molecule has 0 radical (unpaired) electrons. The van der Waals surface area contributed by atoms with E-state index in [2.05, 4.69) is 20.6 Å². The molecule has 1 aromatic carbocycles. The fourth-order valence-electron chi connectivity index (χ4n) is 1.71. The van der Waals surface area contributed by atoms with Gasteiger partial charge in [-0.15, -0.1) is 0 Å². The lowest BCUT2D eigenvalue weighted by Gasteiger charge is -2.09. The van der Waals surface area contributed by atoms with E-state index in [1.165, 1.54) is 6.33 Å². The number of rotatable bonds is 5. The van der Waals surface area contributed by atoms with Crippen LogP contribution in [0.25, 0.3) is 0 Å². The largest absolute Gasteiger partial charge is 0.364 e. The van der Waals surface area contributed by atoms with Crippen LogP contribution in [0.3, 0.4) is 0 Å². The van der Waals surface area contributed by atoms with Crippen molar-refractivity contribution in [3.8, 4) is 0 Å². The van der Waals surface area contributed by atoms with Gasteiger partial charge in [0.2, 0.25) is 11.6 Å². The zero-order chi connectivity index (χ0) is 14.5. The summed E-state index contributed by atoms with van der Waals surface area (Å²) in [5, 5.41) is 17.0. The van der Waals surface area contributed by atoms with E-state index in [9.17, 15) is 10.1 Å². The predicted octanol–water partition coefficient (Wildman–Crippen LogP) is 2.87. The predicted molar refractivity (Wildman–Crippen MR) is 77.3 cm³/mol. The van der Waals surface area contributed by atoms with Crippen molar-refractivity contribution in [3.05, 3.63) is 46.3 Å². The minimum absolute atomic E-state index is 0.157. The molecule has 0 unspecified atom stereocenters. The van der Waals surface area contributed by atoms with Crippen LogP contribution in [0.1, 0.15) is 12.5 Å². The van der Waals surface area contributed by atoms with Gasteiger partial charge in [0.1, 0.15) is 6.33 Å². The summed E-state index contributed by atoms with van der Waals surface area (Å²) in [7, 11) is 0. The Morgan fingerprint density at radius 2 is 1.85 bits per heavy atom. The highest BCUT2D eigenvalue weighted by Gasteiger charge is 2.22. The van der Waals surface area contributed by atoms with Gasteiger partial charge in [0.15, 0.2) is 0 Å². The van der Waals surface area contributed by atoms with Crippen LogP contribution >= 0.6 is 0 Å². The molecule has 104 valence electrons. The first kappa shape index (κ1) is 13.7. The molecule has 2 N–H and O–H groups in total. The number of nitro groups is 1. The minimum atomic E-state index is -0.492. The van der Waals surface area contributed by atoms with E-state index in [-0.39, 0.29) is 17.3 Å². The van der Waals surface area contributed by atoms with Crippen molar-refractivity contribution >= 4 is 23.0 Å². The third-order valence-corrected chi connectivity index (χ3v) is 2.66. The Morgan fingerprint density at radius 1 is 1.20 bits per heavy atom. The van der Waals surface area contributed by atoms with Crippen LogP contribution < -0.4 is 10.6 Å². The van der Waals surface area contributed by atoms with Gasteiger partial charge in [0.25, 0.3) is 0 Å². The molecule has 2 rings (SSSR count). The molecule has 0 amide bonds. The number of aromatic nitrogens is 2. The highest BCUT2D eigenvalue weighted by molar-refractivity contribution is 5.73. The summed E-state index contributed by atoms with van der Waals surface area (Å²) < 4.78 is 0. The van der Waals surface area contributed by atoms with E-state index in [0.717, 1.165) is 11.3 Å². The molecule has 1 aromatic heterocycles. The first-order chi connectivity index (χ1) is 9.61. The van der Waals surface area contributed by atoms with Crippen LogP contribution in [0.5, 0.6) is 0 Å². The van der Waals surface area contributed by atoms with Crippen molar-refractivity contribution in [1.29, 1.82) is 0 Å². The SMILES string of the molecule is CCNc1ncnc(Nc2ccc(C)cc2)c1[N+](=O)[O-]. The summed E-state index contributed by atoms with van der Waals surface area (Å²) in [4.78, 5) is 18.6. The molecule has 0 aliphatic carbocycles. The van der Waals surface area contributed by atoms with Crippen LogP contribution in [0, 0.1) is 17.0 Å². The molecule has 0 aliphatic rings. The lowest BCUT2D eigenvalue weighted by molar-refractivity contribution is -0.383. The highest BCUT2D eigenvalue weighted by Crippen LogP contribution is 2.30. The summed E-state index contributed by atoms with van der Waals surface area (Å²) in [6.07, 6.45) is 1.29. The lowest BCUT2D eigenvalue weighted by atomic mass is 10.2. The average Bonchev–Trinajstić information content (AvgIpc) is 2.41. The fourth-order valence-corrected chi connectivity index (χ4v) is 1.71. The number of nitrogens with zero attached hydrogens (tertiary/aromatic N) is 3. The second-order valence-corrected chi connectivity index (χ2v) is 4.20. The van der Waals surface area contributed by atoms with Gasteiger partial charge in [-0.05, 0) is 26.0 Å². The molecular weight excluding hydrogens is 258 g/mol. The van der Waals surface area contributed by atoms with E-state index in [4.69, 9.17) is 0 Å². The topological polar surface area (TPSA) is 93.0 Å². The summed E-state index contributed by atoms with van der Waals surface area (Å²) >= 11 is 0. The Bertz CT molecular complexity index is 613. The Hall–Kier alpha value is -2.70. The van der Waals surface area contributed by atoms with Crippen LogP contribution in [0.15, 0.2) is 30.6 Å². The molecule has 7 nitrogen and oxygen atoms in total. The Labute approximate surface area is 116 Å². The van der Waals surface area contributed by atoms with Crippen molar-refractivity contribution in [2.24, 2.45) is 0 Å². The van der Waals surface area contributed by atoms with Gasteiger partial charge in [-0.3, -0.25) is 10.1 Å². The van der Waals surface area contributed by atoms with Crippen LogP contribution in [-0.4, -0.2) is 21.4 Å². The van der Waals surface area contributed by atoms with Gasteiger partial charge < -0.3 is 10.6 Å². The van der Waals surface area contributed by atoms with E-state index in [1.54, 1.807) is 0 Å². The number of aryl methyl sites for hydroxylation is 1. The van der Waals surface area contributed by atoms with Crippen molar-refractivity contribution in [1.82, 2.24) is 9.97 Å². The molecule has 20 heavy (non-hydrogen) atoms. The molecule has 7 heteroatoms. The van der Waals surface area contributed by atoms with Crippen LogP contribution in [0.2, 0.25) is 0 Å². The van der Waals surface area contributed by atoms with Crippen molar-refractivity contribution in [2.75, 3.05) is 17.2 Å². The Balaban J connectivity index is 2.37. The zero-order valence-corrected chi connectivity index (χ0v) is 11.3. The maximum atomic E-state index is 11.2. The molecule has 0 saturated heterocycles. The van der Waals surface area contributed by atoms with E-state index >= 15 is 0 Å². The molecule has 0 atom stereocenters. The maximum absolute atomic E-state index is 11.2. The maximum Gasteiger partial charge on any atom is 0.353 e.